The number of sulfonamides is 1. The standard InChI is InChI=1S/C18H21N3O4S2/c1-12-14(17(19)22)6-2-7-15(12)20-18(23)13-5-3-9-21(11-13)27(24,25)16-8-4-10-26-16/h2,4,6-8,10,13H,3,5,9,11H2,1H3,(H2,19,22)(H,20,23). The maximum Gasteiger partial charge on any atom is 0.252 e. The molecule has 1 aliphatic rings. The van der Waals surface area contributed by atoms with Gasteiger partial charge in [0.25, 0.3) is 10.0 Å². The molecule has 2 aromatic rings. The van der Waals surface area contributed by atoms with Crippen LogP contribution in [0.1, 0.15) is 28.8 Å². The van der Waals surface area contributed by atoms with Gasteiger partial charge < -0.3 is 11.1 Å². The topological polar surface area (TPSA) is 110 Å². The molecule has 9 heteroatoms. The average Bonchev–Trinajstić information content (AvgIpc) is 3.19. The van der Waals surface area contributed by atoms with Gasteiger partial charge in [0, 0.05) is 24.3 Å². The van der Waals surface area contributed by atoms with E-state index in [0.717, 1.165) is 0 Å². The van der Waals surface area contributed by atoms with E-state index in [1.807, 2.05) is 0 Å². The summed E-state index contributed by atoms with van der Waals surface area (Å²) in [5.74, 6) is -1.27. The Balaban J connectivity index is 1.75. The van der Waals surface area contributed by atoms with Crippen molar-refractivity contribution in [1.82, 2.24) is 4.31 Å². The van der Waals surface area contributed by atoms with Crippen LogP contribution < -0.4 is 11.1 Å². The molecule has 3 N–H and O–H groups in total. The van der Waals surface area contributed by atoms with Gasteiger partial charge in [-0.15, -0.1) is 11.3 Å². The predicted octanol–water partition coefficient (Wildman–Crippen LogP) is 2.19. The summed E-state index contributed by atoms with van der Waals surface area (Å²) in [4.78, 5) is 24.2. The van der Waals surface area contributed by atoms with Crippen molar-refractivity contribution in [2.45, 2.75) is 24.0 Å². The van der Waals surface area contributed by atoms with Gasteiger partial charge in [-0.2, -0.15) is 4.31 Å². The number of anilines is 1. The van der Waals surface area contributed by atoms with Gasteiger partial charge in [-0.25, -0.2) is 8.42 Å². The lowest BCUT2D eigenvalue weighted by molar-refractivity contribution is -0.120. The van der Waals surface area contributed by atoms with Gasteiger partial charge in [-0.1, -0.05) is 12.1 Å². The highest BCUT2D eigenvalue weighted by Gasteiger charge is 2.34. The van der Waals surface area contributed by atoms with E-state index in [1.165, 1.54) is 15.6 Å². The Labute approximate surface area is 162 Å². The smallest absolute Gasteiger partial charge is 0.252 e. The molecule has 0 aliphatic carbocycles. The molecule has 0 radical (unpaired) electrons. The zero-order valence-corrected chi connectivity index (χ0v) is 16.5. The van der Waals surface area contributed by atoms with Gasteiger partial charge in [0.05, 0.1) is 5.92 Å². The number of hydrogen-bond donors (Lipinski definition) is 2. The molecule has 2 amide bonds. The summed E-state index contributed by atoms with van der Waals surface area (Å²) in [5, 5.41) is 4.53. The first-order valence-corrected chi connectivity index (χ1v) is 10.9. The minimum absolute atomic E-state index is 0.140. The van der Waals surface area contributed by atoms with Crippen LogP contribution in [0.25, 0.3) is 0 Å². The zero-order chi connectivity index (χ0) is 19.6. The van der Waals surface area contributed by atoms with Gasteiger partial charge in [0.15, 0.2) is 0 Å². The molecular formula is C18H21N3O4S2. The zero-order valence-electron chi connectivity index (χ0n) is 14.8. The number of primary amides is 1. The van der Waals surface area contributed by atoms with Crippen molar-refractivity contribution >= 4 is 38.9 Å². The van der Waals surface area contributed by atoms with Crippen LogP contribution in [0, 0.1) is 12.8 Å². The highest BCUT2D eigenvalue weighted by Crippen LogP contribution is 2.27. The Hall–Kier alpha value is -2.23. The third-order valence-electron chi connectivity index (χ3n) is 4.70. The van der Waals surface area contributed by atoms with E-state index >= 15 is 0 Å². The Morgan fingerprint density at radius 2 is 2.04 bits per heavy atom. The van der Waals surface area contributed by atoms with Crippen LogP contribution in [0.3, 0.4) is 0 Å². The molecule has 3 rings (SSSR count). The highest BCUT2D eigenvalue weighted by atomic mass is 32.2. The van der Waals surface area contributed by atoms with Crippen LogP contribution in [0.2, 0.25) is 0 Å². The number of nitrogens with one attached hydrogen (secondary N) is 1. The van der Waals surface area contributed by atoms with E-state index in [1.54, 1.807) is 42.6 Å². The molecular weight excluding hydrogens is 386 g/mol. The summed E-state index contributed by atoms with van der Waals surface area (Å²) in [7, 11) is -3.57. The van der Waals surface area contributed by atoms with Crippen molar-refractivity contribution in [3.63, 3.8) is 0 Å². The van der Waals surface area contributed by atoms with Crippen molar-refractivity contribution in [3.05, 3.63) is 46.8 Å². The molecule has 1 aromatic heterocycles. The van der Waals surface area contributed by atoms with Crippen LogP contribution in [0.4, 0.5) is 5.69 Å². The monoisotopic (exact) mass is 407 g/mol. The minimum Gasteiger partial charge on any atom is -0.366 e. The molecule has 0 spiro atoms. The maximum absolute atomic E-state index is 12.7. The number of nitrogens with zero attached hydrogens (tertiary/aromatic N) is 1. The van der Waals surface area contributed by atoms with Gasteiger partial charge in [0.2, 0.25) is 11.8 Å². The van der Waals surface area contributed by atoms with E-state index in [0.29, 0.717) is 36.2 Å². The normalized spacial score (nSPS) is 18.2. The van der Waals surface area contributed by atoms with E-state index in [9.17, 15) is 18.0 Å². The SMILES string of the molecule is Cc1c(NC(=O)C2CCCN(S(=O)(=O)c3cccs3)C2)cccc1C(N)=O. The van der Waals surface area contributed by atoms with Crippen LogP contribution in [-0.2, 0) is 14.8 Å². The summed E-state index contributed by atoms with van der Waals surface area (Å²) in [6.45, 7) is 2.25. The molecule has 1 atom stereocenters. The fourth-order valence-electron chi connectivity index (χ4n) is 3.19. The quantitative estimate of drug-likeness (QED) is 0.792. The molecule has 7 nitrogen and oxygen atoms in total. The lowest BCUT2D eigenvalue weighted by atomic mass is 9.98. The number of carbonyl (C=O) groups excluding carboxylic acids is 2. The lowest BCUT2D eigenvalue weighted by Gasteiger charge is -2.31. The number of piperidine rings is 1. The molecule has 0 bridgehead atoms. The van der Waals surface area contributed by atoms with Crippen LogP contribution in [0.5, 0.6) is 0 Å². The summed E-state index contributed by atoms with van der Waals surface area (Å²) >= 11 is 1.17. The molecule has 2 heterocycles. The van der Waals surface area contributed by atoms with E-state index in [-0.39, 0.29) is 16.7 Å². The second kappa shape index (κ2) is 7.79. The lowest BCUT2D eigenvalue weighted by Crippen LogP contribution is -2.43. The van der Waals surface area contributed by atoms with Gasteiger partial charge in [-0.3, -0.25) is 9.59 Å². The highest BCUT2D eigenvalue weighted by molar-refractivity contribution is 7.91. The first-order chi connectivity index (χ1) is 12.8. The fraction of sp³-hybridized carbons (Fsp3) is 0.333. The van der Waals surface area contributed by atoms with Crippen LogP contribution in [0.15, 0.2) is 39.9 Å². The largest absolute Gasteiger partial charge is 0.366 e. The molecule has 1 fully saturated rings. The van der Waals surface area contributed by atoms with Crippen LogP contribution in [-0.4, -0.2) is 37.6 Å². The van der Waals surface area contributed by atoms with Crippen molar-refractivity contribution in [1.29, 1.82) is 0 Å². The second-order valence-electron chi connectivity index (χ2n) is 6.47. The number of benzene rings is 1. The third kappa shape index (κ3) is 4.05. The van der Waals surface area contributed by atoms with Crippen molar-refractivity contribution < 1.29 is 18.0 Å². The number of nitrogens with two attached hydrogens (primary N) is 1. The van der Waals surface area contributed by atoms with Gasteiger partial charge in [-0.05, 0) is 48.9 Å². The van der Waals surface area contributed by atoms with E-state index in [4.69, 9.17) is 5.73 Å². The first-order valence-electron chi connectivity index (χ1n) is 8.54. The summed E-state index contributed by atoms with van der Waals surface area (Å²) < 4.78 is 27.1. The van der Waals surface area contributed by atoms with E-state index < -0.39 is 21.8 Å². The summed E-state index contributed by atoms with van der Waals surface area (Å²) in [6.07, 6.45) is 1.22. The van der Waals surface area contributed by atoms with Crippen molar-refractivity contribution in [2.75, 3.05) is 18.4 Å². The van der Waals surface area contributed by atoms with Gasteiger partial charge in [0.1, 0.15) is 4.21 Å². The summed E-state index contributed by atoms with van der Waals surface area (Å²) in [5.41, 5.74) is 6.79. The summed E-state index contributed by atoms with van der Waals surface area (Å²) in [6, 6.07) is 8.21. The molecule has 1 aliphatic heterocycles. The van der Waals surface area contributed by atoms with Crippen LogP contribution >= 0.6 is 11.3 Å². The Kier molecular flexibility index (Phi) is 5.64. The average molecular weight is 408 g/mol. The molecule has 144 valence electrons. The number of amides is 2. The second-order valence-corrected chi connectivity index (χ2v) is 9.58. The number of thiophene rings is 1. The number of hydrogen-bond acceptors (Lipinski definition) is 5. The Bertz CT molecular complexity index is 955. The minimum atomic E-state index is -3.57. The van der Waals surface area contributed by atoms with Crippen molar-refractivity contribution in [2.24, 2.45) is 11.7 Å². The Morgan fingerprint density at radius 3 is 2.70 bits per heavy atom. The maximum atomic E-state index is 12.7. The molecule has 1 saturated heterocycles. The third-order valence-corrected chi connectivity index (χ3v) is 7.94. The Morgan fingerprint density at radius 1 is 1.26 bits per heavy atom. The number of carbonyl (C=O) groups is 2. The molecule has 1 unspecified atom stereocenters. The molecule has 27 heavy (non-hydrogen) atoms. The van der Waals surface area contributed by atoms with Gasteiger partial charge >= 0.3 is 0 Å². The fourth-order valence-corrected chi connectivity index (χ4v) is 5.85. The molecule has 1 aromatic carbocycles. The number of rotatable bonds is 5. The molecule has 0 saturated carbocycles. The van der Waals surface area contributed by atoms with Crippen molar-refractivity contribution in [3.8, 4) is 0 Å². The van der Waals surface area contributed by atoms with E-state index in [2.05, 4.69) is 5.32 Å². The predicted molar refractivity (Wildman–Crippen MR) is 104 cm³/mol. The first kappa shape index (κ1) is 19.5.